The van der Waals surface area contributed by atoms with Crippen molar-refractivity contribution in [2.24, 2.45) is 5.73 Å². The fourth-order valence-electron chi connectivity index (χ4n) is 1.24. The first-order valence-corrected chi connectivity index (χ1v) is 6.62. The molecule has 0 atom stereocenters. The second kappa shape index (κ2) is 5.57. The summed E-state index contributed by atoms with van der Waals surface area (Å²) in [5.41, 5.74) is 10.6. The second-order valence-corrected chi connectivity index (χ2v) is 5.49. The number of sulfonamides is 1. The van der Waals surface area contributed by atoms with Crippen LogP contribution in [0.1, 0.15) is 0 Å². The number of nitrogens with zero attached hydrogens (tertiary/aromatic N) is 1. The van der Waals surface area contributed by atoms with Gasteiger partial charge in [-0.05, 0) is 18.2 Å². The van der Waals surface area contributed by atoms with E-state index in [9.17, 15) is 18.0 Å². The molecular weight excluding hydrogens is 272 g/mol. The van der Waals surface area contributed by atoms with E-state index >= 15 is 0 Å². The lowest BCUT2D eigenvalue weighted by Gasteiger charge is -2.16. The third-order valence-corrected chi connectivity index (χ3v) is 3.45. The number of urea groups is 1. The van der Waals surface area contributed by atoms with Gasteiger partial charge in [0.1, 0.15) is 6.54 Å². The maximum atomic E-state index is 11.9. The number of nitrogens with two attached hydrogens (primary N) is 2. The van der Waals surface area contributed by atoms with Crippen LogP contribution in [0.25, 0.3) is 0 Å². The first-order valence-electron chi connectivity index (χ1n) is 5.14. The van der Waals surface area contributed by atoms with E-state index in [1.54, 1.807) is 4.72 Å². The minimum Gasteiger partial charge on any atom is -0.399 e. The van der Waals surface area contributed by atoms with E-state index in [-0.39, 0.29) is 10.6 Å². The summed E-state index contributed by atoms with van der Waals surface area (Å²) in [5.74, 6) is -0.751. The van der Waals surface area contributed by atoms with Crippen LogP contribution in [0.4, 0.5) is 10.5 Å². The Morgan fingerprint density at radius 3 is 2.53 bits per heavy atom. The highest BCUT2D eigenvalue weighted by atomic mass is 32.2. The van der Waals surface area contributed by atoms with Crippen LogP contribution in [0.2, 0.25) is 0 Å². The predicted octanol–water partition coefficient (Wildman–Crippen LogP) is -0.916. The molecule has 1 rings (SSSR count). The lowest BCUT2D eigenvalue weighted by molar-refractivity contribution is -0.118. The standard InChI is InChI=1S/C10H14N4O4S/c1-14(6-9(12)15)10(16)13-19(17,18)8-4-2-3-7(11)5-8/h2-5H,6,11H2,1H3,(H2,12,15)(H,13,16). The van der Waals surface area contributed by atoms with Crippen LogP contribution in [-0.2, 0) is 14.8 Å². The number of nitrogens with one attached hydrogen (secondary N) is 1. The van der Waals surface area contributed by atoms with Crippen molar-refractivity contribution in [3.8, 4) is 0 Å². The molecule has 8 nitrogen and oxygen atoms in total. The highest BCUT2D eigenvalue weighted by Gasteiger charge is 2.20. The molecule has 0 radical (unpaired) electrons. The highest BCUT2D eigenvalue weighted by Crippen LogP contribution is 2.12. The Morgan fingerprint density at radius 1 is 1.37 bits per heavy atom. The molecule has 0 unspecified atom stereocenters. The smallest absolute Gasteiger partial charge is 0.331 e. The van der Waals surface area contributed by atoms with Gasteiger partial charge in [0.05, 0.1) is 4.90 Å². The molecule has 104 valence electrons. The van der Waals surface area contributed by atoms with Crippen LogP contribution in [0.15, 0.2) is 29.2 Å². The van der Waals surface area contributed by atoms with Gasteiger partial charge in [-0.2, -0.15) is 0 Å². The fraction of sp³-hybridized carbons (Fsp3) is 0.200. The molecule has 9 heteroatoms. The molecule has 0 bridgehead atoms. The number of carbonyl (C=O) groups excluding carboxylic acids is 2. The zero-order valence-electron chi connectivity index (χ0n) is 10.2. The van der Waals surface area contributed by atoms with E-state index in [1.807, 2.05) is 0 Å². The maximum absolute atomic E-state index is 11.9. The lowest BCUT2D eigenvalue weighted by atomic mass is 10.3. The summed E-state index contributed by atoms with van der Waals surface area (Å²) in [6.07, 6.45) is 0. The Bertz CT molecular complexity index is 599. The Balaban J connectivity index is 2.86. The van der Waals surface area contributed by atoms with Gasteiger partial charge < -0.3 is 16.4 Å². The molecule has 5 N–H and O–H groups in total. The Hall–Kier alpha value is -2.29. The number of hydrogen-bond acceptors (Lipinski definition) is 5. The average molecular weight is 286 g/mol. The molecule has 1 aromatic rings. The van der Waals surface area contributed by atoms with Gasteiger partial charge in [0.2, 0.25) is 5.91 Å². The highest BCUT2D eigenvalue weighted by molar-refractivity contribution is 7.90. The van der Waals surface area contributed by atoms with Crippen molar-refractivity contribution < 1.29 is 18.0 Å². The largest absolute Gasteiger partial charge is 0.399 e. The van der Waals surface area contributed by atoms with E-state index in [2.05, 4.69) is 0 Å². The molecule has 0 saturated carbocycles. The van der Waals surface area contributed by atoms with Gasteiger partial charge in [-0.3, -0.25) is 4.79 Å². The van der Waals surface area contributed by atoms with Gasteiger partial charge in [0.15, 0.2) is 0 Å². The van der Waals surface area contributed by atoms with Crippen LogP contribution >= 0.6 is 0 Å². The zero-order chi connectivity index (χ0) is 14.6. The van der Waals surface area contributed by atoms with Gasteiger partial charge in [-0.25, -0.2) is 17.9 Å². The number of likely N-dealkylation sites (N-methyl/N-ethyl adjacent to an activating group) is 1. The lowest BCUT2D eigenvalue weighted by Crippen LogP contribution is -2.44. The topological polar surface area (TPSA) is 136 Å². The van der Waals surface area contributed by atoms with Gasteiger partial charge in [-0.1, -0.05) is 6.07 Å². The third-order valence-electron chi connectivity index (χ3n) is 2.13. The molecule has 0 spiro atoms. The first kappa shape index (κ1) is 14.8. The van der Waals surface area contributed by atoms with Crippen molar-refractivity contribution in [1.29, 1.82) is 0 Å². The van der Waals surface area contributed by atoms with E-state index in [0.29, 0.717) is 0 Å². The molecule has 0 saturated heterocycles. The molecular formula is C10H14N4O4S. The zero-order valence-corrected chi connectivity index (χ0v) is 11.0. The predicted molar refractivity (Wildman–Crippen MR) is 68.4 cm³/mol. The van der Waals surface area contributed by atoms with Crippen molar-refractivity contribution >= 4 is 27.6 Å². The average Bonchev–Trinajstić information content (AvgIpc) is 2.27. The molecule has 0 fully saturated rings. The summed E-state index contributed by atoms with van der Waals surface area (Å²) in [7, 11) is -2.79. The maximum Gasteiger partial charge on any atom is 0.331 e. The summed E-state index contributed by atoms with van der Waals surface area (Å²) >= 11 is 0. The first-order chi connectivity index (χ1) is 8.72. The summed E-state index contributed by atoms with van der Waals surface area (Å²) in [6.45, 7) is -0.391. The molecule has 0 aliphatic rings. The molecule has 0 aliphatic heterocycles. The number of primary amides is 1. The molecule has 0 heterocycles. The number of benzene rings is 1. The van der Waals surface area contributed by atoms with Crippen LogP contribution in [0, 0.1) is 0 Å². The summed E-state index contributed by atoms with van der Waals surface area (Å²) in [6, 6.07) is 4.51. The van der Waals surface area contributed by atoms with Gasteiger partial charge >= 0.3 is 6.03 Å². The van der Waals surface area contributed by atoms with Crippen molar-refractivity contribution in [3.05, 3.63) is 24.3 Å². The van der Waals surface area contributed by atoms with Gasteiger partial charge in [0.25, 0.3) is 10.0 Å². The van der Waals surface area contributed by atoms with Crippen molar-refractivity contribution in [2.75, 3.05) is 19.3 Å². The van der Waals surface area contributed by atoms with Crippen LogP contribution < -0.4 is 16.2 Å². The molecule has 3 amide bonds. The number of rotatable bonds is 4. The number of carbonyl (C=O) groups is 2. The second-order valence-electron chi connectivity index (χ2n) is 3.81. The van der Waals surface area contributed by atoms with E-state index < -0.39 is 28.5 Å². The molecule has 1 aromatic carbocycles. The van der Waals surface area contributed by atoms with Crippen LogP contribution in [-0.4, -0.2) is 38.8 Å². The Kier molecular flexibility index (Phi) is 4.33. The van der Waals surface area contributed by atoms with Crippen LogP contribution in [0.5, 0.6) is 0 Å². The monoisotopic (exact) mass is 286 g/mol. The quantitative estimate of drug-likeness (QED) is 0.615. The van der Waals surface area contributed by atoms with E-state index in [0.717, 1.165) is 4.90 Å². The number of nitrogen functional groups attached to an aromatic ring is 1. The SMILES string of the molecule is CN(CC(N)=O)C(=O)NS(=O)(=O)c1cccc(N)c1. The van der Waals surface area contributed by atoms with Crippen LogP contribution in [0.3, 0.4) is 0 Å². The minimum absolute atomic E-state index is 0.145. The summed E-state index contributed by atoms with van der Waals surface area (Å²) in [5, 5.41) is 0. The number of hydrogen-bond donors (Lipinski definition) is 3. The van der Waals surface area contributed by atoms with Crippen molar-refractivity contribution in [2.45, 2.75) is 4.90 Å². The van der Waals surface area contributed by atoms with Crippen molar-refractivity contribution in [1.82, 2.24) is 9.62 Å². The Morgan fingerprint density at radius 2 is 2.00 bits per heavy atom. The van der Waals surface area contributed by atoms with Gasteiger partial charge in [0, 0.05) is 12.7 Å². The van der Waals surface area contributed by atoms with Gasteiger partial charge in [-0.15, -0.1) is 0 Å². The van der Waals surface area contributed by atoms with E-state index in [1.165, 1.54) is 31.3 Å². The number of anilines is 1. The summed E-state index contributed by atoms with van der Waals surface area (Å²) in [4.78, 5) is 22.9. The molecule has 0 aliphatic carbocycles. The van der Waals surface area contributed by atoms with E-state index in [4.69, 9.17) is 11.5 Å². The fourth-order valence-corrected chi connectivity index (χ4v) is 2.29. The number of amides is 3. The van der Waals surface area contributed by atoms with Crippen molar-refractivity contribution in [3.63, 3.8) is 0 Å². The molecule has 19 heavy (non-hydrogen) atoms. The normalized spacial score (nSPS) is 10.8. The summed E-state index contributed by atoms with van der Waals surface area (Å²) < 4.78 is 25.5. The minimum atomic E-state index is -4.04. The third kappa shape index (κ3) is 4.14. The Labute approximate surface area is 110 Å². The molecule has 0 aromatic heterocycles.